The van der Waals surface area contributed by atoms with E-state index in [1.807, 2.05) is 11.4 Å². The van der Waals surface area contributed by atoms with Crippen molar-refractivity contribution in [3.63, 3.8) is 0 Å². The summed E-state index contributed by atoms with van der Waals surface area (Å²) in [4.78, 5) is 22.6. The quantitative estimate of drug-likeness (QED) is 0.635. The highest BCUT2D eigenvalue weighted by Crippen LogP contribution is 2.23. The first-order valence-electron chi connectivity index (χ1n) is 6.35. The molecular weight excluding hydrogens is 290 g/mol. The van der Waals surface area contributed by atoms with Crippen molar-refractivity contribution >= 4 is 28.6 Å². The van der Waals surface area contributed by atoms with Crippen molar-refractivity contribution in [2.24, 2.45) is 0 Å². The van der Waals surface area contributed by atoms with Gasteiger partial charge in [0, 0.05) is 36.5 Å². The summed E-state index contributed by atoms with van der Waals surface area (Å²) in [5.74, 6) is -0.117. The Kier molecular flexibility index (Phi) is 5.02. The fraction of sp³-hybridized carbons (Fsp3) is 0.214. The number of rotatable bonds is 6. The first-order valence-corrected chi connectivity index (χ1v) is 7.23. The molecule has 0 unspecified atom stereocenters. The Hall–Kier alpha value is -2.25. The molecule has 2 N–H and O–H groups in total. The van der Waals surface area contributed by atoms with Gasteiger partial charge in [0.15, 0.2) is 0 Å². The van der Waals surface area contributed by atoms with Gasteiger partial charge in [-0.15, -0.1) is 11.3 Å². The third-order valence-corrected chi connectivity index (χ3v) is 3.77. The lowest BCUT2D eigenvalue weighted by Crippen LogP contribution is -2.15. The van der Waals surface area contributed by atoms with Gasteiger partial charge in [0.05, 0.1) is 10.6 Å². The summed E-state index contributed by atoms with van der Waals surface area (Å²) in [6, 6.07) is 8.49. The second-order valence-corrected chi connectivity index (χ2v) is 5.43. The van der Waals surface area contributed by atoms with E-state index in [1.165, 1.54) is 24.3 Å². The molecule has 1 amide bonds. The van der Waals surface area contributed by atoms with E-state index < -0.39 is 0 Å². The maximum atomic E-state index is 11.1. The van der Waals surface area contributed by atoms with Gasteiger partial charge < -0.3 is 10.6 Å². The van der Waals surface area contributed by atoms with Gasteiger partial charge in [0.2, 0.25) is 5.91 Å². The van der Waals surface area contributed by atoms with E-state index in [0.29, 0.717) is 18.7 Å². The summed E-state index contributed by atoms with van der Waals surface area (Å²) in [7, 11) is 0. The number of carbonyl (C=O) groups is 1. The minimum absolute atomic E-state index is 0.110. The van der Waals surface area contributed by atoms with Gasteiger partial charge in [-0.3, -0.25) is 14.9 Å². The van der Waals surface area contributed by atoms with Crippen molar-refractivity contribution in [1.82, 2.24) is 5.32 Å². The van der Waals surface area contributed by atoms with Crippen LogP contribution in [0.2, 0.25) is 0 Å². The van der Waals surface area contributed by atoms with Gasteiger partial charge in [0.25, 0.3) is 5.69 Å². The minimum atomic E-state index is -0.384. The van der Waals surface area contributed by atoms with Crippen molar-refractivity contribution in [3.8, 4) is 0 Å². The number of nitro benzene ring substituents is 1. The molecule has 0 aliphatic carbocycles. The lowest BCUT2D eigenvalue weighted by atomic mass is 10.2. The first-order chi connectivity index (χ1) is 10.1. The van der Waals surface area contributed by atoms with E-state index in [-0.39, 0.29) is 16.5 Å². The summed E-state index contributed by atoms with van der Waals surface area (Å²) >= 11 is 1.53. The molecule has 0 radical (unpaired) electrons. The maximum absolute atomic E-state index is 11.1. The summed E-state index contributed by atoms with van der Waals surface area (Å²) in [5, 5.41) is 18.7. The molecule has 0 atom stereocenters. The molecule has 6 nitrogen and oxygen atoms in total. The third-order valence-electron chi connectivity index (χ3n) is 2.85. The van der Waals surface area contributed by atoms with Crippen LogP contribution in [-0.4, -0.2) is 10.8 Å². The topological polar surface area (TPSA) is 84.3 Å². The number of hydrogen-bond donors (Lipinski definition) is 2. The molecule has 0 spiro atoms. The Balaban J connectivity index is 1.98. The van der Waals surface area contributed by atoms with Gasteiger partial charge >= 0.3 is 0 Å². The number of nitro groups is 1. The molecule has 1 heterocycles. The lowest BCUT2D eigenvalue weighted by Gasteiger charge is -2.07. The van der Waals surface area contributed by atoms with E-state index in [9.17, 15) is 14.9 Å². The minimum Gasteiger partial charge on any atom is -0.325 e. The van der Waals surface area contributed by atoms with Gasteiger partial charge in [-0.05, 0) is 11.4 Å². The number of anilines is 1. The highest BCUT2D eigenvalue weighted by Gasteiger charge is 2.12. The van der Waals surface area contributed by atoms with Crippen molar-refractivity contribution in [3.05, 3.63) is 56.3 Å². The molecule has 0 aliphatic heterocycles. The Morgan fingerprint density at radius 1 is 1.29 bits per heavy atom. The molecule has 110 valence electrons. The molecule has 0 aliphatic rings. The second kappa shape index (κ2) is 6.96. The Morgan fingerprint density at radius 2 is 2.05 bits per heavy atom. The molecule has 0 fully saturated rings. The molecular formula is C14H15N3O3S. The fourth-order valence-corrected chi connectivity index (χ4v) is 2.73. The maximum Gasteiger partial charge on any atom is 0.273 e. The Labute approximate surface area is 126 Å². The Bertz CT molecular complexity index is 654. The molecule has 0 saturated carbocycles. The van der Waals surface area contributed by atoms with Crippen LogP contribution in [0.5, 0.6) is 0 Å². The molecule has 0 bridgehead atoms. The van der Waals surface area contributed by atoms with Gasteiger partial charge in [-0.2, -0.15) is 0 Å². The molecule has 21 heavy (non-hydrogen) atoms. The number of hydrogen-bond acceptors (Lipinski definition) is 5. The number of carbonyl (C=O) groups excluding carboxylic acids is 1. The van der Waals surface area contributed by atoms with Crippen LogP contribution in [0.15, 0.2) is 35.7 Å². The molecule has 1 aromatic heterocycles. The zero-order valence-electron chi connectivity index (χ0n) is 11.5. The fourth-order valence-electron chi connectivity index (χ4n) is 1.93. The van der Waals surface area contributed by atoms with Gasteiger partial charge in [0.1, 0.15) is 0 Å². The molecule has 0 saturated heterocycles. The van der Waals surface area contributed by atoms with E-state index in [0.717, 1.165) is 10.6 Å². The second-order valence-electron chi connectivity index (χ2n) is 4.43. The van der Waals surface area contributed by atoms with Gasteiger partial charge in [-0.1, -0.05) is 18.2 Å². The van der Waals surface area contributed by atoms with Crippen LogP contribution in [0, 0.1) is 10.1 Å². The van der Waals surface area contributed by atoms with E-state index in [2.05, 4.69) is 10.6 Å². The number of para-hydroxylation sites is 1. The monoisotopic (exact) mass is 305 g/mol. The van der Waals surface area contributed by atoms with E-state index in [4.69, 9.17) is 0 Å². The van der Waals surface area contributed by atoms with Crippen molar-refractivity contribution in [2.75, 3.05) is 5.32 Å². The zero-order chi connectivity index (χ0) is 15.2. The first kappa shape index (κ1) is 15.1. The van der Waals surface area contributed by atoms with E-state index in [1.54, 1.807) is 18.2 Å². The number of benzene rings is 1. The molecule has 7 heteroatoms. The summed E-state index contributed by atoms with van der Waals surface area (Å²) in [6.07, 6.45) is 0. The SMILES string of the molecule is CC(=O)Nc1ccsc1CNCc1ccccc1[N+](=O)[O-]. The summed E-state index contributed by atoms with van der Waals surface area (Å²) in [6.45, 7) is 2.40. The summed E-state index contributed by atoms with van der Waals surface area (Å²) < 4.78 is 0. The third kappa shape index (κ3) is 4.11. The number of nitrogens with zero attached hydrogens (tertiary/aromatic N) is 1. The average molecular weight is 305 g/mol. The van der Waals surface area contributed by atoms with Crippen LogP contribution in [0.4, 0.5) is 11.4 Å². The highest BCUT2D eigenvalue weighted by atomic mass is 32.1. The molecule has 1 aromatic carbocycles. The predicted molar refractivity (Wildman–Crippen MR) is 82.3 cm³/mol. The van der Waals surface area contributed by atoms with Crippen LogP contribution in [0.3, 0.4) is 0 Å². The lowest BCUT2D eigenvalue weighted by molar-refractivity contribution is -0.385. The largest absolute Gasteiger partial charge is 0.325 e. The van der Waals surface area contributed by atoms with Crippen molar-refractivity contribution in [2.45, 2.75) is 20.0 Å². The number of nitrogens with one attached hydrogen (secondary N) is 2. The van der Waals surface area contributed by atoms with Crippen LogP contribution in [0.1, 0.15) is 17.4 Å². The van der Waals surface area contributed by atoms with Crippen LogP contribution < -0.4 is 10.6 Å². The Morgan fingerprint density at radius 3 is 2.76 bits per heavy atom. The van der Waals surface area contributed by atoms with Gasteiger partial charge in [-0.25, -0.2) is 0 Å². The van der Waals surface area contributed by atoms with Crippen LogP contribution >= 0.6 is 11.3 Å². The number of amides is 1. The summed E-state index contributed by atoms with van der Waals surface area (Å²) in [5.41, 5.74) is 1.53. The molecule has 2 rings (SSSR count). The zero-order valence-corrected chi connectivity index (χ0v) is 12.3. The van der Waals surface area contributed by atoms with Crippen molar-refractivity contribution < 1.29 is 9.72 Å². The standard InChI is InChI=1S/C14H15N3O3S/c1-10(18)16-12-6-7-21-14(12)9-15-8-11-4-2-3-5-13(11)17(19)20/h2-7,15H,8-9H2,1H3,(H,16,18). The number of thiophene rings is 1. The van der Waals surface area contributed by atoms with Crippen LogP contribution in [0.25, 0.3) is 0 Å². The average Bonchev–Trinajstić information content (AvgIpc) is 2.86. The van der Waals surface area contributed by atoms with Crippen molar-refractivity contribution in [1.29, 1.82) is 0 Å². The smallest absolute Gasteiger partial charge is 0.273 e. The highest BCUT2D eigenvalue weighted by molar-refractivity contribution is 7.10. The van der Waals surface area contributed by atoms with E-state index >= 15 is 0 Å². The normalized spacial score (nSPS) is 10.3. The predicted octanol–water partition coefficient (Wildman–Crippen LogP) is 2.90. The van der Waals surface area contributed by atoms with Crippen LogP contribution in [-0.2, 0) is 17.9 Å². The molecule has 2 aromatic rings.